The largest absolute Gasteiger partial charge is 0.417 e. The summed E-state index contributed by atoms with van der Waals surface area (Å²) in [5.41, 5.74) is -0.719. The van der Waals surface area contributed by atoms with Crippen LogP contribution >= 0.6 is 12.2 Å². The molecule has 2 aliphatic heterocycles. The molecule has 6 nitrogen and oxygen atoms in total. The Labute approximate surface area is 166 Å². The maximum Gasteiger partial charge on any atom is 0.417 e. The quantitative estimate of drug-likeness (QED) is 0.724. The van der Waals surface area contributed by atoms with Crippen LogP contribution in [0.25, 0.3) is 0 Å². The van der Waals surface area contributed by atoms with E-state index in [0.717, 1.165) is 61.8 Å². The summed E-state index contributed by atoms with van der Waals surface area (Å²) in [6.45, 7) is 4.58. The van der Waals surface area contributed by atoms with Gasteiger partial charge in [-0.25, -0.2) is 9.67 Å². The Balaban J connectivity index is 1.37. The Hall–Kier alpha value is -1.94. The number of halogens is 3. The molecule has 4 rings (SSSR count). The number of piperazine rings is 1. The van der Waals surface area contributed by atoms with E-state index in [1.807, 2.05) is 9.58 Å². The highest BCUT2D eigenvalue weighted by molar-refractivity contribution is 7.71. The lowest BCUT2D eigenvalue weighted by atomic mass is 10.2. The maximum absolute atomic E-state index is 12.7. The van der Waals surface area contributed by atoms with Crippen LogP contribution in [0.15, 0.2) is 18.3 Å². The number of hydrogen-bond donors (Lipinski definition) is 0. The smallest absolute Gasteiger partial charge is 0.354 e. The van der Waals surface area contributed by atoms with Crippen molar-refractivity contribution >= 4 is 18.0 Å². The zero-order chi connectivity index (χ0) is 19.7. The van der Waals surface area contributed by atoms with Crippen LogP contribution in [-0.4, -0.2) is 50.4 Å². The first kappa shape index (κ1) is 19.4. The number of nitrogens with zero attached hydrogens (tertiary/aromatic N) is 6. The van der Waals surface area contributed by atoms with Crippen molar-refractivity contribution in [3.05, 3.63) is 34.5 Å². The fraction of sp³-hybridized carbons (Fsp3) is 0.611. The second kappa shape index (κ2) is 7.82. The minimum Gasteiger partial charge on any atom is -0.354 e. The van der Waals surface area contributed by atoms with Crippen molar-refractivity contribution in [2.24, 2.45) is 0 Å². The van der Waals surface area contributed by atoms with Gasteiger partial charge in [-0.05, 0) is 37.2 Å². The first-order chi connectivity index (χ1) is 13.4. The minimum atomic E-state index is -4.36. The van der Waals surface area contributed by atoms with Gasteiger partial charge in [-0.2, -0.15) is 18.3 Å². The standard InChI is InChI=1S/C18H23F3N6S/c19-18(20,21)14-5-6-15(22-12-14)25-10-8-24(9-11-25)13-27-17(28)26-7-3-1-2-4-16(26)23-27/h5-6,12H,1-4,7-11,13H2. The molecular weight excluding hydrogens is 389 g/mol. The van der Waals surface area contributed by atoms with Gasteiger partial charge in [0.15, 0.2) is 4.77 Å². The molecule has 152 valence electrons. The molecule has 0 radical (unpaired) electrons. The Kier molecular flexibility index (Phi) is 5.42. The van der Waals surface area contributed by atoms with E-state index in [4.69, 9.17) is 17.3 Å². The van der Waals surface area contributed by atoms with Gasteiger partial charge < -0.3 is 9.47 Å². The molecular formula is C18H23F3N6S. The van der Waals surface area contributed by atoms with E-state index in [0.29, 0.717) is 25.6 Å². The molecule has 2 aromatic rings. The maximum atomic E-state index is 12.7. The second-order valence-corrected chi connectivity index (χ2v) is 7.68. The van der Waals surface area contributed by atoms with Crippen LogP contribution in [-0.2, 0) is 25.8 Å². The topological polar surface area (TPSA) is 42.1 Å². The Morgan fingerprint density at radius 1 is 1.00 bits per heavy atom. The van der Waals surface area contributed by atoms with Crippen LogP contribution in [0.1, 0.15) is 30.7 Å². The molecule has 0 unspecified atom stereocenters. The molecule has 0 N–H and O–H groups in total. The summed E-state index contributed by atoms with van der Waals surface area (Å²) >= 11 is 5.61. The van der Waals surface area contributed by atoms with Crippen LogP contribution in [0.3, 0.4) is 0 Å². The van der Waals surface area contributed by atoms with Gasteiger partial charge in [-0.15, -0.1) is 0 Å². The van der Waals surface area contributed by atoms with Crippen molar-refractivity contribution in [2.45, 2.75) is 45.1 Å². The number of aromatic nitrogens is 4. The third-order valence-electron chi connectivity index (χ3n) is 5.39. The van der Waals surface area contributed by atoms with Crippen LogP contribution in [0.4, 0.5) is 19.0 Å². The van der Waals surface area contributed by atoms with Crippen molar-refractivity contribution in [3.63, 3.8) is 0 Å². The van der Waals surface area contributed by atoms with Gasteiger partial charge in [-0.1, -0.05) is 6.42 Å². The lowest BCUT2D eigenvalue weighted by molar-refractivity contribution is -0.137. The minimum absolute atomic E-state index is 0.581. The summed E-state index contributed by atoms with van der Waals surface area (Å²) in [5, 5.41) is 4.72. The van der Waals surface area contributed by atoms with Gasteiger partial charge in [0.25, 0.3) is 0 Å². The molecule has 10 heteroatoms. The molecule has 0 amide bonds. The molecule has 28 heavy (non-hydrogen) atoms. The van der Waals surface area contributed by atoms with Gasteiger partial charge in [-0.3, -0.25) is 4.90 Å². The predicted octanol–water partition coefficient (Wildman–Crippen LogP) is 3.33. The molecule has 1 fully saturated rings. The van der Waals surface area contributed by atoms with E-state index in [9.17, 15) is 13.2 Å². The van der Waals surface area contributed by atoms with Gasteiger partial charge >= 0.3 is 6.18 Å². The molecule has 1 saturated heterocycles. The third kappa shape index (κ3) is 4.07. The van der Waals surface area contributed by atoms with Gasteiger partial charge in [0, 0.05) is 45.3 Å². The fourth-order valence-corrected chi connectivity index (χ4v) is 4.06. The third-order valence-corrected chi connectivity index (χ3v) is 5.82. The first-order valence-electron chi connectivity index (χ1n) is 9.59. The molecule has 0 aliphatic carbocycles. The average molecular weight is 412 g/mol. The molecule has 0 bridgehead atoms. The number of rotatable bonds is 3. The summed E-state index contributed by atoms with van der Waals surface area (Å²) in [4.78, 5) is 8.27. The summed E-state index contributed by atoms with van der Waals surface area (Å²) in [5.74, 6) is 1.66. The fourth-order valence-electron chi connectivity index (χ4n) is 3.77. The SMILES string of the molecule is FC(F)(F)c1ccc(N2CCN(Cn3nc4n(c3=S)CCCCC4)CC2)nc1. The van der Waals surface area contributed by atoms with Gasteiger partial charge in [0.1, 0.15) is 11.6 Å². The van der Waals surface area contributed by atoms with Crippen LogP contribution < -0.4 is 4.90 Å². The van der Waals surface area contributed by atoms with E-state index in [2.05, 4.69) is 14.5 Å². The van der Waals surface area contributed by atoms with Crippen LogP contribution in [0.5, 0.6) is 0 Å². The zero-order valence-corrected chi connectivity index (χ0v) is 16.3. The number of hydrogen-bond acceptors (Lipinski definition) is 5. The van der Waals surface area contributed by atoms with Gasteiger partial charge in [0.05, 0.1) is 12.2 Å². The summed E-state index contributed by atoms with van der Waals surface area (Å²) < 4.78 is 42.9. The monoisotopic (exact) mass is 412 g/mol. The van der Waals surface area contributed by atoms with E-state index in [1.54, 1.807) is 0 Å². The lowest BCUT2D eigenvalue weighted by Gasteiger charge is -2.35. The van der Waals surface area contributed by atoms with Crippen molar-refractivity contribution in [1.82, 2.24) is 24.2 Å². The van der Waals surface area contributed by atoms with Crippen molar-refractivity contribution in [3.8, 4) is 0 Å². The summed E-state index contributed by atoms with van der Waals surface area (Å²) in [7, 11) is 0. The molecule has 0 aromatic carbocycles. The Bertz CT molecular complexity index is 865. The van der Waals surface area contributed by atoms with Gasteiger partial charge in [0.2, 0.25) is 0 Å². The molecule has 4 heterocycles. The van der Waals surface area contributed by atoms with Crippen LogP contribution in [0, 0.1) is 4.77 Å². The molecule has 0 saturated carbocycles. The van der Waals surface area contributed by atoms with E-state index in [-0.39, 0.29) is 0 Å². The highest BCUT2D eigenvalue weighted by atomic mass is 32.1. The Morgan fingerprint density at radius 2 is 1.79 bits per heavy atom. The zero-order valence-electron chi connectivity index (χ0n) is 15.5. The summed E-state index contributed by atoms with van der Waals surface area (Å²) in [6.07, 6.45) is 1.05. The second-order valence-electron chi connectivity index (χ2n) is 7.31. The lowest BCUT2D eigenvalue weighted by Crippen LogP contribution is -2.47. The van der Waals surface area contributed by atoms with E-state index < -0.39 is 11.7 Å². The highest BCUT2D eigenvalue weighted by Crippen LogP contribution is 2.29. The number of pyridine rings is 1. The number of fused-ring (bicyclic) bond motifs is 1. The molecule has 0 atom stereocenters. The number of anilines is 1. The highest BCUT2D eigenvalue weighted by Gasteiger charge is 2.31. The van der Waals surface area contributed by atoms with Crippen LogP contribution in [0.2, 0.25) is 0 Å². The van der Waals surface area contributed by atoms with Crippen molar-refractivity contribution < 1.29 is 13.2 Å². The predicted molar refractivity (Wildman–Crippen MR) is 102 cm³/mol. The number of aryl methyl sites for hydroxylation is 1. The van der Waals surface area contributed by atoms with Crippen molar-refractivity contribution in [2.75, 3.05) is 31.1 Å². The normalized spacial score (nSPS) is 18.8. The average Bonchev–Trinajstić information content (AvgIpc) is 2.85. The Morgan fingerprint density at radius 3 is 2.46 bits per heavy atom. The number of alkyl halides is 3. The molecule has 0 spiro atoms. The van der Waals surface area contributed by atoms with E-state index in [1.165, 1.54) is 12.5 Å². The van der Waals surface area contributed by atoms with E-state index >= 15 is 0 Å². The summed E-state index contributed by atoms with van der Waals surface area (Å²) in [6, 6.07) is 2.53. The first-order valence-corrected chi connectivity index (χ1v) is 10.00. The molecule has 2 aliphatic rings. The van der Waals surface area contributed by atoms with Crippen molar-refractivity contribution in [1.29, 1.82) is 0 Å². The molecule has 2 aromatic heterocycles.